The lowest BCUT2D eigenvalue weighted by atomic mass is 9.90. The molecular weight excluding hydrogens is 254 g/mol. The molecule has 20 heavy (non-hydrogen) atoms. The van der Waals surface area contributed by atoms with Crippen LogP contribution in [0.4, 0.5) is 0 Å². The normalized spacial score (nSPS) is 14.6. The molecule has 1 aromatic rings. The third-order valence-electron chi connectivity index (χ3n) is 3.52. The smallest absolute Gasteiger partial charge is 0.354 e. The van der Waals surface area contributed by atoms with E-state index in [-0.39, 0.29) is 5.70 Å². The number of methoxy groups -OCH3 is 1. The fraction of sp³-hybridized carbons (Fsp3) is 0.438. The van der Waals surface area contributed by atoms with Gasteiger partial charge < -0.3 is 15.2 Å². The quantitative estimate of drug-likeness (QED) is 0.677. The Balaban J connectivity index is 2.35. The van der Waals surface area contributed by atoms with Crippen molar-refractivity contribution in [3.63, 3.8) is 0 Å². The highest BCUT2D eigenvalue weighted by atomic mass is 16.5. The fourth-order valence-electron chi connectivity index (χ4n) is 2.51. The Morgan fingerprint density at radius 3 is 2.55 bits per heavy atom. The molecule has 0 saturated carbocycles. The Bertz CT molecular complexity index is 535. The minimum Gasteiger partial charge on any atom is -0.496 e. The van der Waals surface area contributed by atoms with Crippen molar-refractivity contribution >= 4 is 12.0 Å². The molecule has 0 saturated heterocycles. The maximum atomic E-state index is 11.6. The first-order chi connectivity index (χ1) is 9.65. The highest BCUT2D eigenvalue weighted by Gasteiger charge is 2.14. The van der Waals surface area contributed by atoms with Crippen molar-refractivity contribution in [3.8, 4) is 5.75 Å². The van der Waals surface area contributed by atoms with Gasteiger partial charge >= 0.3 is 5.97 Å². The molecule has 0 unspecified atom stereocenters. The minimum atomic E-state index is -0.493. The molecule has 0 atom stereocenters. The fourth-order valence-corrected chi connectivity index (χ4v) is 2.51. The summed E-state index contributed by atoms with van der Waals surface area (Å²) in [5.74, 6) is 0.255. The number of hydrogen-bond acceptors (Lipinski definition) is 4. The molecule has 0 heterocycles. The van der Waals surface area contributed by atoms with E-state index in [2.05, 4.69) is 12.1 Å². The lowest BCUT2D eigenvalue weighted by Gasteiger charge is -2.18. The third-order valence-corrected chi connectivity index (χ3v) is 3.52. The number of carbonyl (C=O) groups is 1. The summed E-state index contributed by atoms with van der Waals surface area (Å²) in [6, 6.07) is 4.12. The van der Waals surface area contributed by atoms with E-state index in [0.717, 1.165) is 24.2 Å². The molecule has 108 valence electrons. The average molecular weight is 275 g/mol. The largest absolute Gasteiger partial charge is 0.496 e. The van der Waals surface area contributed by atoms with Gasteiger partial charge in [-0.2, -0.15) is 0 Å². The number of esters is 1. The lowest BCUT2D eigenvalue weighted by Crippen LogP contribution is -2.14. The molecule has 0 amide bonds. The molecule has 0 aliphatic heterocycles. The number of carbonyl (C=O) groups excluding carboxylic acids is 1. The van der Waals surface area contributed by atoms with E-state index in [0.29, 0.717) is 6.61 Å². The first-order valence-electron chi connectivity index (χ1n) is 6.99. The number of ether oxygens (including phenoxy) is 2. The van der Waals surface area contributed by atoms with Gasteiger partial charge in [0.25, 0.3) is 0 Å². The van der Waals surface area contributed by atoms with E-state index >= 15 is 0 Å². The number of nitrogens with two attached hydrogens (primary N) is 1. The standard InChI is InChI=1S/C16H21NO3/c1-3-20-16(18)14(17)9-13-8-11-6-4-5-7-12(11)10-15(13)19-2/h8-10H,3-7,17H2,1-2H3/b14-9-. The van der Waals surface area contributed by atoms with E-state index in [1.54, 1.807) is 20.1 Å². The molecule has 0 radical (unpaired) electrons. The van der Waals surface area contributed by atoms with Crippen LogP contribution in [0.15, 0.2) is 17.8 Å². The van der Waals surface area contributed by atoms with Crippen LogP contribution in [0.1, 0.15) is 36.5 Å². The van der Waals surface area contributed by atoms with E-state index in [1.165, 1.54) is 24.0 Å². The van der Waals surface area contributed by atoms with Crippen LogP contribution in [0.3, 0.4) is 0 Å². The Morgan fingerprint density at radius 2 is 1.95 bits per heavy atom. The summed E-state index contributed by atoms with van der Waals surface area (Å²) >= 11 is 0. The zero-order valence-electron chi connectivity index (χ0n) is 12.1. The van der Waals surface area contributed by atoms with Gasteiger partial charge in [0.05, 0.1) is 13.7 Å². The maximum Gasteiger partial charge on any atom is 0.354 e. The summed E-state index contributed by atoms with van der Waals surface area (Å²) in [5.41, 5.74) is 9.35. The predicted molar refractivity (Wildman–Crippen MR) is 78.4 cm³/mol. The van der Waals surface area contributed by atoms with Gasteiger partial charge in [-0.15, -0.1) is 0 Å². The molecule has 0 spiro atoms. The zero-order chi connectivity index (χ0) is 14.5. The van der Waals surface area contributed by atoms with Crippen molar-refractivity contribution in [1.29, 1.82) is 0 Å². The van der Waals surface area contributed by atoms with E-state index < -0.39 is 5.97 Å². The van der Waals surface area contributed by atoms with Crippen LogP contribution >= 0.6 is 0 Å². The van der Waals surface area contributed by atoms with Gasteiger partial charge in [-0.3, -0.25) is 0 Å². The molecule has 4 heteroatoms. The van der Waals surface area contributed by atoms with Crippen molar-refractivity contribution in [2.75, 3.05) is 13.7 Å². The number of fused-ring (bicyclic) bond motifs is 1. The van der Waals surface area contributed by atoms with Crippen LogP contribution in [0.2, 0.25) is 0 Å². The van der Waals surface area contributed by atoms with Gasteiger partial charge in [0, 0.05) is 5.56 Å². The Kier molecular flexibility index (Phi) is 4.66. The SMILES string of the molecule is CCOC(=O)/C(N)=C/c1cc2c(cc1OC)CCCC2. The molecule has 1 aliphatic rings. The zero-order valence-corrected chi connectivity index (χ0v) is 12.1. The van der Waals surface area contributed by atoms with Crippen molar-refractivity contribution in [2.24, 2.45) is 5.73 Å². The summed E-state index contributed by atoms with van der Waals surface area (Å²) < 4.78 is 10.3. The second-order valence-electron chi connectivity index (χ2n) is 4.89. The van der Waals surface area contributed by atoms with Crippen molar-refractivity contribution in [2.45, 2.75) is 32.6 Å². The monoisotopic (exact) mass is 275 g/mol. The van der Waals surface area contributed by atoms with Crippen LogP contribution in [-0.4, -0.2) is 19.7 Å². The summed E-state index contributed by atoms with van der Waals surface area (Å²) in [5, 5.41) is 0. The molecular formula is C16H21NO3. The van der Waals surface area contributed by atoms with Gasteiger partial charge in [-0.1, -0.05) is 0 Å². The molecule has 0 fully saturated rings. The first-order valence-corrected chi connectivity index (χ1v) is 6.99. The van der Waals surface area contributed by atoms with Crippen LogP contribution in [0, 0.1) is 0 Å². The number of aryl methyl sites for hydroxylation is 2. The molecule has 4 nitrogen and oxygen atoms in total. The summed E-state index contributed by atoms with van der Waals surface area (Å²) in [6.07, 6.45) is 6.21. The molecule has 2 N–H and O–H groups in total. The number of hydrogen-bond donors (Lipinski definition) is 1. The van der Waals surface area contributed by atoms with Gasteiger partial charge in [-0.25, -0.2) is 4.79 Å². The van der Waals surface area contributed by atoms with Crippen molar-refractivity contribution in [3.05, 3.63) is 34.5 Å². The first kappa shape index (κ1) is 14.4. The van der Waals surface area contributed by atoms with Crippen LogP contribution in [0.25, 0.3) is 6.08 Å². The summed E-state index contributed by atoms with van der Waals surface area (Å²) in [6.45, 7) is 2.07. The molecule has 1 aromatic carbocycles. The van der Waals surface area contributed by atoms with Crippen LogP contribution < -0.4 is 10.5 Å². The summed E-state index contributed by atoms with van der Waals surface area (Å²) in [7, 11) is 1.63. The highest BCUT2D eigenvalue weighted by Crippen LogP contribution is 2.30. The predicted octanol–water partition coefficient (Wildman–Crippen LogP) is 2.44. The van der Waals surface area contributed by atoms with Gasteiger partial charge in [-0.05, 0) is 61.9 Å². The van der Waals surface area contributed by atoms with Gasteiger partial charge in [0.15, 0.2) is 0 Å². The van der Waals surface area contributed by atoms with E-state index in [4.69, 9.17) is 15.2 Å². The highest BCUT2D eigenvalue weighted by molar-refractivity contribution is 5.93. The average Bonchev–Trinajstić information content (AvgIpc) is 2.46. The van der Waals surface area contributed by atoms with E-state index in [1.807, 2.05) is 0 Å². The van der Waals surface area contributed by atoms with Crippen molar-refractivity contribution < 1.29 is 14.3 Å². The topological polar surface area (TPSA) is 61.5 Å². The van der Waals surface area contributed by atoms with Crippen LogP contribution in [-0.2, 0) is 22.4 Å². The molecule has 0 aromatic heterocycles. The Morgan fingerprint density at radius 1 is 1.30 bits per heavy atom. The second-order valence-corrected chi connectivity index (χ2v) is 4.89. The molecule has 0 bridgehead atoms. The lowest BCUT2D eigenvalue weighted by molar-refractivity contribution is -0.138. The van der Waals surface area contributed by atoms with Gasteiger partial charge in [0.1, 0.15) is 11.4 Å². The number of rotatable bonds is 4. The molecule has 2 rings (SSSR count). The Hall–Kier alpha value is -1.97. The number of benzene rings is 1. The minimum absolute atomic E-state index is 0.0981. The molecule has 1 aliphatic carbocycles. The van der Waals surface area contributed by atoms with Gasteiger partial charge in [0.2, 0.25) is 0 Å². The Labute approximate surface area is 119 Å². The second kappa shape index (κ2) is 6.46. The van der Waals surface area contributed by atoms with E-state index in [9.17, 15) is 4.79 Å². The third kappa shape index (κ3) is 3.13. The van der Waals surface area contributed by atoms with Crippen molar-refractivity contribution in [1.82, 2.24) is 0 Å². The summed E-state index contributed by atoms with van der Waals surface area (Å²) in [4.78, 5) is 11.6. The maximum absolute atomic E-state index is 11.6. The van der Waals surface area contributed by atoms with Crippen LogP contribution in [0.5, 0.6) is 5.75 Å².